The van der Waals surface area contributed by atoms with Gasteiger partial charge in [0.2, 0.25) is 5.91 Å². The van der Waals surface area contributed by atoms with E-state index in [9.17, 15) is 18.8 Å². The average molecular weight is 645 g/mol. The third kappa shape index (κ3) is 10.4. The van der Waals surface area contributed by atoms with Crippen LogP contribution >= 0.6 is 0 Å². The van der Waals surface area contributed by atoms with Gasteiger partial charge in [-0.15, -0.1) is 0 Å². The van der Waals surface area contributed by atoms with Gasteiger partial charge in [-0.3, -0.25) is 14.4 Å². The minimum Gasteiger partial charge on any atom is -0.491 e. The van der Waals surface area contributed by atoms with Crippen molar-refractivity contribution in [3.05, 3.63) is 95.3 Å². The Morgan fingerprint density at radius 3 is 2.36 bits per heavy atom. The number of carbonyl (C=O) groups excluding carboxylic acids is 3. The third-order valence-corrected chi connectivity index (χ3v) is 8.61. The first-order valence-electron chi connectivity index (χ1n) is 16.8. The minimum atomic E-state index is -0.576. The maximum absolute atomic E-state index is 13.9. The highest BCUT2D eigenvalue weighted by Crippen LogP contribution is 2.26. The van der Waals surface area contributed by atoms with Crippen molar-refractivity contribution in [2.75, 3.05) is 11.9 Å². The van der Waals surface area contributed by atoms with Crippen LogP contribution in [0.15, 0.2) is 72.8 Å². The molecule has 3 aromatic carbocycles. The van der Waals surface area contributed by atoms with Gasteiger partial charge in [0.1, 0.15) is 11.6 Å². The standard InChI is InChI=1S/C38H49FN4O4/c1-5-11-32-14-9-10-19-43(32)38(46)29-22-28(23-33(24-29)47-25(2)3)37(45)42-35(21-27-12-7-6-8-13-27)34(40)20-26(4)36(44)41-31-17-15-30(39)16-18-31/h6-8,12-13,15-18,22-26,32,34-35H,5,9-11,14,19-21,40H2,1-4H3,(H,41,44)(H,42,45)/t26-,32?,34+,35+/m1/s1. The van der Waals surface area contributed by atoms with Crippen molar-refractivity contribution >= 4 is 23.4 Å². The maximum Gasteiger partial charge on any atom is 0.254 e. The Bertz CT molecular complexity index is 1480. The summed E-state index contributed by atoms with van der Waals surface area (Å²) in [4.78, 5) is 42.7. The maximum atomic E-state index is 13.9. The van der Waals surface area contributed by atoms with Gasteiger partial charge in [-0.25, -0.2) is 4.39 Å². The van der Waals surface area contributed by atoms with Crippen molar-refractivity contribution in [1.82, 2.24) is 10.2 Å². The summed E-state index contributed by atoms with van der Waals surface area (Å²) < 4.78 is 19.3. The van der Waals surface area contributed by atoms with Gasteiger partial charge >= 0.3 is 0 Å². The lowest BCUT2D eigenvalue weighted by molar-refractivity contribution is -0.119. The Hall–Kier alpha value is -4.24. The molecular weight excluding hydrogens is 595 g/mol. The summed E-state index contributed by atoms with van der Waals surface area (Å²) in [5.74, 6) is -1.14. The number of nitrogens with two attached hydrogens (primary N) is 1. The Balaban J connectivity index is 1.56. The largest absolute Gasteiger partial charge is 0.491 e. The van der Waals surface area contributed by atoms with Gasteiger partial charge in [0, 0.05) is 47.4 Å². The van der Waals surface area contributed by atoms with Crippen molar-refractivity contribution in [2.45, 2.75) is 96.9 Å². The number of ether oxygens (including phenoxy) is 1. The molecule has 0 bridgehead atoms. The third-order valence-electron chi connectivity index (χ3n) is 8.61. The van der Waals surface area contributed by atoms with Crippen LogP contribution in [0.2, 0.25) is 0 Å². The Kier molecular flexibility index (Phi) is 12.9. The number of rotatable bonds is 14. The second kappa shape index (κ2) is 17.1. The molecule has 4 atom stereocenters. The summed E-state index contributed by atoms with van der Waals surface area (Å²) in [6.07, 6.45) is 5.57. The molecule has 47 heavy (non-hydrogen) atoms. The summed E-state index contributed by atoms with van der Waals surface area (Å²) >= 11 is 0. The van der Waals surface area contributed by atoms with Crippen molar-refractivity contribution in [2.24, 2.45) is 11.7 Å². The summed E-state index contributed by atoms with van der Waals surface area (Å²) in [5.41, 5.74) is 8.93. The summed E-state index contributed by atoms with van der Waals surface area (Å²) in [7, 11) is 0. The molecule has 0 aliphatic carbocycles. The molecule has 4 N–H and O–H groups in total. The van der Waals surface area contributed by atoms with Gasteiger partial charge in [-0.1, -0.05) is 50.6 Å². The van der Waals surface area contributed by atoms with E-state index >= 15 is 0 Å². The lowest BCUT2D eigenvalue weighted by Gasteiger charge is -2.36. The molecule has 0 radical (unpaired) electrons. The number of nitrogens with one attached hydrogen (secondary N) is 2. The van der Waals surface area contributed by atoms with Crippen molar-refractivity contribution in [1.29, 1.82) is 0 Å². The van der Waals surface area contributed by atoms with Crippen LogP contribution in [-0.2, 0) is 11.2 Å². The van der Waals surface area contributed by atoms with Crippen LogP contribution in [0.1, 0.15) is 92.5 Å². The smallest absolute Gasteiger partial charge is 0.254 e. The van der Waals surface area contributed by atoms with Crippen molar-refractivity contribution < 1.29 is 23.5 Å². The Morgan fingerprint density at radius 2 is 1.68 bits per heavy atom. The van der Waals surface area contributed by atoms with E-state index in [4.69, 9.17) is 10.5 Å². The molecule has 1 aliphatic rings. The lowest BCUT2D eigenvalue weighted by Crippen LogP contribution is -2.50. The molecule has 1 saturated heterocycles. The molecular formula is C38H49FN4O4. The highest BCUT2D eigenvalue weighted by molar-refractivity contribution is 6.00. The Morgan fingerprint density at radius 1 is 0.979 bits per heavy atom. The van der Waals surface area contributed by atoms with Gasteiger partial charge in [0.15, 0.2) is 0 Å². The van der Waals surface area contributed by atoms with E-state index in [1.54, 1.807) is 25.1 Å². The molecule has 252 valence electrons. The van der Waals surface area contributed by atoms with E-state index < -0.39 is 18.0 Å². The summed E-state index contributed by atoms with van der Waals surface area (Å²) in [5, 5.41) is 5.93. The van der Waals surface area contributed by atoms with Crippen LogP contribution in [0.4, 0.5) is 10.1 Å². The molecule has 8 nitrogen and oxygen atoms in total. The van der Waals surface area contributed by atoms with Crippen LogP contribution in [0.25, 0.3) is 0 Å². The lowest BCUT2D eigenvalue weighted by atomic mass is 9.91. The van der Waals surface area contributed by atoms with Crippen LogP contribution in [-0.4, -0.2) is 53.4 Å². The summed E-state index contributed by atoms with van der Waals surface area (Å²) in [6, 6.07) is 19.4. The quantitative estimate of drug-likeness (QED) is 0.180. The fourth-order valence-corrected chi connectivity index (χ4v) is 6.17. The number of amides is 3. The molecule has 0 aromatic heterocycles. The first kappa shape index (κ1) is 35.6. The van der Waals surface area contributed by atoms with E-state index in [-0.39, 0.29) is 35.7 Å². The summed E-state index contributed by atoms with van der Waals surface area (Å²) in [6.45, 7) is 8.40. The van der Waals surface area contributed by atoms with E-state index in [1.165, 1.54) is 24.3 Å². The molecule has 3 aromatic rings. The fourth-order valence-electron chi connectivity index (χ4n) is 6.17. The van der Waals surface area contributed by atoms with E-state index in [2.05, 4.69) is 17.6 Å². The molecule has 1 unspecified atom stereocenters. The normalized spacial score (nSPS) is 16.7. The first-order chi connectivity index (χ1) is 22.5. The zero-order chi connectivity index (χ0) is 33.9. The Labute approximate surface area is 278 Å². The number of benzene rings is 3. The number of carbonyl (C=O) groups is 3. The number of piperidine rings is 1. The average Bonchev–Trinajstić information content (AvgIpc) is 3.05. The molecule has 4 rings (SSSR count). The predicted octanol–water partition coefficient (Wildman–Crippen LogP) is 6.74. The second-order valence-electron chi connectivity index (χ2n) is 12.9. The van der Waals surface area contributed by atoms with Gasteiger partial charge in [-0.05, 0) is 100 Å². The zero-order valence-corrected chi connectivity index (χ0v) is 28.0. The molecule has 9 heteroatoms. The number of nitrogens with zero attached hydrogens (tertiary/aromatic N) is 1. The number of halogens is 1. The second-order valence-corrected chi connectivity index (χ2v) is 12.9. The van der Waals surface area contributed by atoms with E-state index in [0.717, 1.165) is 37.7 Å². The molecule has 0 saturated carbocycles. The van der Waals surface area contributed by atoms with Crippen molar-refractivity contribution in [3.8, 4) is 5.75 Å². The van der Waals surface area contributed by atoms with Crippen molar-refractivity contribution in [3.63, 3.8) is 0 Å². The number of likely N-dealkylation sites (tertiary alicyclic amines) is 1. The van der Waals surface area contributed by atoms with E-state index in [0.29, 0.717) is 42.0 Å². The molecule has 1 fully saturated rings. The molecule has 0 spiro atoms. The zero-order valence-electron chi connectivity index (χ0n) is 28.0. The molecule has 1 aliphatic heterocycles. The molecule has 1 heterocycles. The van der Waals surface area contributed by atoms with E-state index in [1.807, 2.05) is 49.1 Å². The highest BCUT2D eigenvalue weighted by atomic mass is 19.1. The fraction of sp³-hybridized carbons (Fsp3) is 0.447. The van der Waals surface area contributed by atoms with Gasteiger partial charge in [0.05, 0.1) is 6.10 Å². The number of hydrogen-bond donors (Lipinski definition) is 3. The first-order valence-corrected chi connectivity index (χ1v) is 16.8. The number of anilines is 1. The SMILES string of the molecule is CCCC1CCCCN1C(=O)c1cc(OC(C)C)cc(C(=O)N[C@@H](Cc2ccccc2)[C@@H](N)C[C@@H](C)C(=O)Nc2ccc(F)cc2)c1. The van der Waals surface area contributed by atoms with Gasteiger partial charge < -0.3 is 26.0 Å². The molecule has 3 amide bonds. The van der Waals surface area contributed by atoms with Crippen LogP contribution < -0.4 is 21.1 Å². The predicted molar refractivity (Wildman–Crippen MR) is 184 cm³/mol. The van der Waals surface area contributed by atoms with Crippen LogP contribution in [0.3, 0.4) is 0 Å². The van der Waals surface area contributed by atoms with Crippen LogP contribution in [0, 0.1) is 11.7 Å². The van der Waals surface area contributed by atoms with Crippen LogP contribution in [0.5, 0.6) is 5.75 Å². The highest BCUT2D eigenvalue weighted by Gasteiger charge is 2.29. The number of hydrogen-bond acceptors (Lipinski definition) is 5. The topological polar surface area (TPSA) is 114 Å². The van der Waals surface area contributed by atoms with Gasteiger partial charge in [0.25, 0.3) is 11.8 Å². The minimum absolute atomic E-state index is 0.0927. The monoisotopic (exact) mass is 644 g/mol. The van der Waals surface area contributed by atoms with Gasteiger partial charge in [-0.2, -0.15) is 0 Å².